The van der Waals surface area contributed by atoms with Gasteiger partial charge in [-0.2, -0.15) is 0 Å². The van der Waals surface area contributed by atoms with Gasteiger partial charge in [0, 0.05) is 39.2 Å². The van der Waals surface area contributed by atoms with E-state index in [-0.39, 0.29) is 36.2 Å². The molecule has 5 atom stereocenters. The van der Waals surface area contributed by atoms with Crippen molar-refractivity contribution >= 4 is 12.0 Å². The predicted molar refractivity (Wildman–Crippen MR) is 174 cm³/mol. The van der Waals surface area contributed by atoms with Gasteiger partial charge in [-0.3, -0.25) is 4.79 Å². The normalized spacial score (nSPS) is 18.1. The van der Waals surface area contributed by atoms with Crippen LogP contribution >= 0.6 is 0 Å². The number of benzene rings is 1. The van der Waals surface area contributed by atoms with E-state index in [1.54, 1.807) is 7.11 Å². The topological polar surface area (TPSA) is 115 Å². The summed E-state index contributed by atoms with van der Waals surface area (Å²) in [6, 6.07) is 5.69. The number of hydrogen-bond acceptors (Lipinski definition) is 7. The van der Waals surface area contributed by atoms with Crippen molar-refractivity contribution in [2.75, 3.05) is 33.5 Å². The SMILES string of the molecule is COCCCOc1cc(C[C@@H](C[C@H](NC(=O)OC(C)(C)C)[C@@H](O)C[C@H](C(=O)NC[C@H]2CCCO2)C(C)C)C(C)C)ccc1C. The minimum absolute atomic E-state index is 0.00656. The van der Waals surface area contributed by atoms with Crippen LogP contribution in [0.15, 0.2) is 18.2 Å². The molecule has 0 radical (unpaired) electrons. The van der Waals surface area contributed by atoms with Crippen molar-refractivity contribution in [3.8, 4) is 5.75 Å². The van der Waals surface area contributed by atoms with Crippen LogP contribution in [-0.4, -0.2) is 74.4 Å². The van der Waals surface area contributed by atoms with E-state index in [0.29, 0.717) is 26.2 Å². The van der Waals surface area contributed by atoms with E-state index < -0.39 is 29.8 Å². The third kappa shape index (κ3) is 13.7. The second-order valence-corrected chi connectivity index (χ2v) is 14.0. The first-order valence-electron chi connectivity index (χ1n) is 16.5. The van der Waals surface area contributed by atoms with Crippen molar-refractivity contribution in [1.29, 1.82) is 0 Å². The number of alkyl carbamates (subject to hydrolysis) is 1. The molecule has 1 aromatic carbocycles. The molecule has 1 saturated heterocycles. The van der Waals surface area contributed by atoms with E-state index >= 15 is 0 Å². The highest BCUT2D eigenvalue weighted by molar-refractivity contribution is 5.79. The summed E-state index contributed by atoms with van der Waals surface area (Å²) < 4.78 is 22.4. The average Bonchev–Trinajstić information content (AvgIpc) is 3.45. The summed E-state index contributed by atoms with van der Waals surface area (Å²) in [6.45, 7) is 18.2. The van der Waals surface area contributed by atoms with E-state index in [9.17, 15) is 14.7 Å². The Morgan fingerprint density at radius 1 is 1.09 bits per heavy atom. The third-order valence-corrected chi connectivity index (χ3v) is 8.33. The average molecular weight is 621 g/mol. The van der Waals surface area contributed by atoms with Gasteiger partial charge in [-0.1, -0.05) is 39.8 Å². The largest absolute Gasteiger partial charge is 0.493 e. The van der Waals surface area contributed by atoms with Crippen molar-refractivity contribution in [2.45, 2.75) is 118 Å². The van der Waals surface area contributed by atoms with Crippen LogP contribution in [0.5, 0.6) is 5.75 Å². The lowest BCUT2D eigenvalue weighted by atomic mass is 9.80. The lowest BCUT2D eigenvalue weighted by Crippen LogP contribution is -2.49. The Bertz CT molecular complexity index is 1000. The number of aryl methyl sites for hydroxylation is 1. The molecule has 1 aliphatic rings. The van der Waals surface area contributed by atoms with Gasteiger partial charge in [0.15, 0.2) is 0 Å². The summed E-state index contributed by atoms with van der Waals surface area (Å²) in [5, 5.41) is 17.6. The molecule has 44 heavy (non-hydrogen) atoms. The Labute approximate surface area is 266 Å². The van der Waals surface area contributed by atoms with Crippen LogP contribution in [0.2, 0.25) is 0 Å². The number of ether oxygens (including phenoxy) is 4. The fourth-order valence-electron chi connectivity index (χ4n) is 5.56. The maximum absolute atomic E-state index is 13.2. The molecule has 252 valence electrons. The molecular formula is C35H60N2O7. The zero-order valence-electron chi connectivity index (χ0n) is 28.7. The zero-order valence-corrected chi connectivity index (χ0v) is 28.7. The van der Waals surface area contributed by atoms with Crippen molar-refractivity contribution in [1.82, 2.24) is 10.6 Å². The number of rotatable bonds is 18. The molecule has 0 spiro atoms. The fourth-order valence-corrected chi connectivity index (χ4v) is 5.56. The third-order valence-electron chi connectivity index (χ3n) is 8.33. The molecule has 0 unspecified atom stereocenters. The summed E-state index contributed by atoms with van der Waals surface area (Å²) >= 11 is 0. The lowest BCUT2D eigenvalue weighted by molar-refractivity contribution is -0.128. The number of amides is 2. The van der Waals surface area contributed by atoms with Crippen LogP contribution in [-0.2, 0) is 25.4 Å². The van der Waals surface area contributed by atoms with Crippen molar-refractivity contribution in [3.05, 3.63) is 29.3 Å². The molecule has 1 aliphatic heterocycles. The smallest absolute Gasteiger partial charge is 0.407 e. The van der Waals surface area contributed by atoms with E-state index in [2.05, 4.69) is 42.7 Å². The molecule has 0 saturated carbocycles. The fraction of sp³-hybridized carbons (Fsp3) is 0.771. The van der Waals surface area contributed by atoms with Gasteiger partial charge in [-0.05, 0) is 94.7 Å². The van der Waals surface area contributed by atoms with Crippen molar-refractivity contribution in [3.63, 3.8) is 0 Å². The van der Waals surface area contributed by atoms with E-state index in [0.717, 1.165) is 49.2 Å². The van der Waals surface area contributed by atoms with Crippen LogP contribution in [0.1, 0.15) is 91.7 Å². The molecule has 0 aliphatic carbocycles. The van der Waals surface area contributed by atoms with Crippen LogP contribution in [0.3, 0.4) is 0 Å². The summed E-state index contributed by atoms with van der Waals surface area (Å²) in [7, 11) is 1.68. The number of carbonyl (C=O) groups is 2. The number of aliphatic hydroxyl groups is 1. The second kappa shape index (κ2) is 18.6. The van der Waals surface area contributed by atoms with Gasteiger partial charge in [0.05, 0.1) is 24.9 Å². The summed E-state index contributed by atoms with van der Waals surface area (Å²) in [4.78, 5) is 26.2. The minimum atomic E-state index is -0.942. The van der Waals surface area contributed by atoms with Gasteiger partial charge in [-0.25, -0.2) is 4.79 Å². The van der Waals surface area contributed by atoms with Crippen molar-refractivity contribution in [2.24, 2.45) is 23.7 Å². The standard InChI is InChI=1S/C35H60N2O7/c1-23(2)27(18-26-14-13-25(5)32(19-26)43-17-11-15-41-9)20-30(37-34(40)44-35(6,7)8)31(38)21-29(24(3)4)33(39)36-22-28-12-10-16-42-28/h13-14,19,23-24,27-31,38H,10-12,15-18,20-22H2,1-9H3,(H,36,39)(H,37,40)/t27-,28+,29-,30-,31-/m0/s1. The molecule has 2 amide bonds. The molecule has 9 heteroatoms. The first-order chi connectivity index (χ1) is 20.7. The number of aliphatic hydroxyl groups excluding tert-OH is 1. The van der Waals surface area contributed by atoms with Gasteiger partial charge in [-0.15, -0.1) is 0 Å². The first-order valence-corrected chi connectivity index (χ1v) is 16.5. The lowest BCUT2D eigenvalue weighted by Gasteiger charge is -2.33. The van der Waals surface area contributed by atoms with Gasteiger partial charge >= 0.3 is 6.09 Å². The van der Waals surface area contributed by atoms with Crippen LogP contribution < -0.4 is 15.4 Å². The van der Waals surface area contributed by atoms with Gasteiger partial charge in [0.25, 0.3) is 0 Å². The van der Waals surface area contributed by atoms with Gasteiger partial charge in [0.1, 0.15) is 11.4 Å². The summed E-state index contributed by atoms with van der Waals surface area (Å²) in [6.07, 6.45) is 2.79. The van der Waals surface area contributed by atoms with Crippen molar-refractivity contribution < 1.29 is 33.6 Å². The Morgan fingerprint density at radius 2 is 1.82 bits per heavy atom. The number of nitrogens with one attached hydrogen (secondary N) is 2. The Kier molecular flexibility index (Phi) is 16.0. The van der Waals surface area contributed by atoms with Crippen LogP contribution in [0, 0.1) is 30.6 Å². The number of hydrogen-bond donors (Lipinski definition) is 3. The van der Waals surface area contributed by atoms with E-state index in [4.69, 9.17) is 18.9 Å². The maximum atomic E-state index is 13.2. The predicted octanol–water partition coefficient (Wildman–Crippen LogP) is 5.83. The first kappa shape index (κ1) is 37.8. The molecule has 1 fully saturated rings. The highest BCUT2D eigenvalue weighted by Crippen LogP contribution is 2.29. The quantitative estimate of drug-likeness (QED) is 0.177. The molecule has 1 heterocycles. The summed E-state index contributed by atoms with van der Waals surface area (Å²) in [5.74, 6) is 0.767. The summed E-state index contributed by atoms with van der Waals surface area (Å²) in [5.41, 5.74) is 1.53. The molecule has 9 nitrogen and oxygen atoms in total. The highest BCUT2D eigenvalue weighted by atomic mass is 16.6. The van der Waals surface area contributed by atoms with E-state index in [1.165, 1.54) is 0 Å². The minimum Gasteiger partial charge on any atom is -0.493 e. The molecule has 2 rings (SSSR count). The molecule has 3 N–H and O–H groups in total. The Morgan fingerprint density at radius 3 is 2.41 bits per heavy atom. The molecule has 1 aromatic rings. The molecular weight excluding hydrogens is 560 g/mol. The molecule has 0 bridgehead atoms. The molecule has 0 aromatic heterocycles. The number of carbonyl (C=O) groups excluding carboxylic acids is 2. The van der Waals surface area contributed by atoms with Gasteiger partial charge < -0.3 is 34.7 Å². The highest BCUT2D eigenvalue weighted by Gasteiger charge is 2.33. The number of methoxy groups -OCH3 is 1. The Balaban J connectivity index is 2.21. The van der Waals surface area contributed by atoms with Crippen LogP contribution in [0.25, 0.3) is 0 Å². The van der Waals surface area contributed by atoms with E-state index in [1.807, 2.05) is 41.5 Å². The maximum Gasteiger partial charge on any atom is 0.407 e. The second-order valence-electron chi connectivity index (χ2n) is 14.0. The van der Waals surface area contributed by atoms with Gasteiger partial charge in [0.2, 0.25) is 5.91 Å². The van der Waals surface area contributed by atoms with Crippen LogP contribution in [0.4, 0.5) is 4.79 Å². The Hall–Kier alpha value is -2.36. The monoisotopic (exact) mass is 620 g/mol. The zero-order chi connectivity index (χ0) is 32.9.